The molecule has 0 aliphatic carbocycles. The van der Waals surface area contributed by atoms with Crippen molar-refractivity contribution in [3.8, 4) is 56.5 Å². The minimum absolute atomic E-state index is 0.611. The van der Waals surface area contributed by atoms with Crippen molar-refractivity contribution in [2.75, 3.05) is 0 Å². The Bertz CT molecular complexity index is 2520. The molecule has 0 radical (unpaired) electrons. The van der Waals surface area contributed by atoms with Gasteiger partial charge in [0, 0.05) is 39.4 Å². The van der Waals surface area contributed by atoms with Crippen LogP contribution in [0.15, 0.2) is 156 Å². The van der Waals surface area contributed by atoms with Gasteiger partial charge in [0.1, 0.15) is 11.1 Å². The van der Waals surface area contributed by atoms with Gasteiger partial charge in [0.2, 0.25) is 0 Å². The fraction of sp³-hybridized carbons (Fsp3) is 0. The van der Waals surface area contributed by atoms with Crippen molar-refractivity contribution in [2.24, 2.45) is 0 Å². The quantitative estimate of drug-likeness (QED) is 0.195. The molecule has 6 heteroatoms. The SMILES string of the molecule is c1ccc(-c2nc(-c3ccccc3)nc(-c3cccc(-c4cccc5ccc(-c6cccc7oc8cccnc8c67)nc45)c3)n2)cc1. The van der Waals surface area contributed by atoms with E-state index < -0.39 is 0 Å². The number of fused-ring (bicyclic) bond motifs is 4. The first kappa shape index (κ1) is 26.8. The minimum Gasteiger partial charge on any atom is -0.454 e. The molecule has 220 valence electrons. The van der Waals surface area contributed by atoms with Gasteiger partial charge in [-0.15, -0.1) is 0 Å². The average Bonchev–Trinajstić information content (AvgIpc) is 3.54. The van der Waals surface area contributed by atoms with Gasteiger partial charge in [0.05, 0.1) is 16.6 Å². The highest BCUT2D eigenvalue weighted by atomic mass is 16.3. The van der Waals surface area contributed by atoms with Crippen LogP contribution in [0.25, 0.3) is 89.5 Å². The summed E-state index contributed by atoms with van der Waals surface area (Å²) < 4.78 is 6.12. The summed E-state index contributed by atoms with van der Waals surface area (Å²) in [4.78, 5) is 24.6. The number of benzene rings is 5. The van der Waals surface area contributed by atoms with Gasteiger partial charge in [0.15, 0.2) is 23.1 Å². The second-order valence-corrected chi connectivity index (χ2v) is 11.3. The van der Waals surface area contributed by atoms with Crippen molar-refractivity contribution in [3.05, 3.63) is 152 Å². The highest BCUT2D eigenvalue weighted by Crippen LogP contribution is 2.37. The van der Waals surface area contributed by atoms with E-state index in [0.29, 0.717) is 17.5 Å². The number of furan rings is 1. The molecule has 0 bridgehead atoms. The van der Waals surface area contributed by atoms with E-state index in [1.165, 1.54) is 0 Å². The van der Waals surface area contributed by atoms with E-state index in [4.69, 9.17) is 24.4 Å². The smallest absolute Gasteiger partial charge is 0.164 e. The second kappa shape index (κ2) is 11.1. The van der Waals surface area contributed by atoms with Crippen LogP contribution in [-0.2, 0) is 0 Å². The van der Waals surface area contributed by atoms with Crippen LogP contribution in [0.5, 0.6) is 0 Å². The van der Waals surface area contributed by atoms with E-state index in [2.05, 4.69) is 53.5 Å². The molecule has 4 aromatic heterocycles. The number of aromatic nitrogens is 5. The Balaban J connectivity index is 1.19. The first-order valence-electron chi connectivity index (χ1n) is 15.4. The second-order valence-electron chi connectivity index (χ2n) is 11.3. The van der Waals surface area contributed by atoms with Crippen molar-refractivity contribution in [2.45, 2.75) is 0 Å². The molecule has 0 unspecified atom stereocenters. The van der Waals surface area contributed by atoms with Crippen LogP contribution >= 0.6 is 0 Å². The number of hydrogen-bond acceptors (Lipinski definition) is 6. The Morgan fingerprint density at radius 3 is 1.79 bits per heavy atom. The molecule has 6 nitrogen and oxygen atoms in total. The third-order valence-corrected chi connectivity index (χ3v) is 8.38. The van der Waals surface area contributed by atoms with E-state index in [1.807, 2.05) is 97.1 Å². The molecule has 0 saturated carbocycles. The average molecular weight is 604 g/mol. The topological polar surface area (TPSA) is 77.6 Å². The normalized spacial score (nSPS) is 11.4. The standard InChI is InChI=1S/C41H25N5O/c1-3-11-27(12-4-1)39-44-40(28-13-5-2-6-14-28)46-41(45-39)30-17-7-16-29(25-30)31-18-8-15-26-22-23-33(43-37(26)31)32-19-9-20-34-36(32)38-35(47-34)21-10-24-42-38/h1-25H. The summed E-state index contributed by atoms with van der Waals surface area (Å²) >= 11 is 0. The summed E-state index contributed by atoms with van der Waals surface area (Å²) in [5, 5.41) is 2.02. The number of pyridine rings is 2. The zero-order chi connectivity index (χ0) is 31.2. The summed E-state index contributed by atoms with van der Waals surface area (Å²) in [7, 11) is 0. The maximum Gasteiger partial charge on any atom is 0.164 e. The number of para-hydroxylation sites is 1. The Morgan fingerprint density at radius 2 is 1.02 bits per heavy atom. The molecule has 4 heterocycles. The van der Waals surface area contributed by atoms with Gasteiger partial charge in [0.25, 0.3) is 0 Å². The number of rotatable bonds is 5. The predicted octanol–water partition coefficient (Wildman–Crippen LogP) is 10.0. The summed E-state index contributed by atoms with van der Waals surface area (Å²) in [5.74, 6) is 1.87. The zero-order valence-corrected chi connectivity index (χ0v) is 25.1. The molecular weight excluding hydrogens is 578 g/mol. The molecule has 0 saturated heterocycles. The third-order valence-electron chi connectivity index (χ3n) is 8.38. The molecule has 0 fully saturated rings. The van der Waals surface area contributed by atoms with Gasteiger partial charge in [-0.05, 0) is 35.9 Å². The first-order chi connectivity index (χ1) is 23.3. The fourth-order valence-electron chi connectivity index (χ4n) is 6.15. The van der Waals surface area contributed by atoms with Crippen LogP contribution < -0.4 is 0 Å². The summed E-state index contributed by atoms with van der Waals surface area (Å²) in [5.41, 5.74) is 9.95. The molecule has 0 spiro atoms. The molecular formula is C41H25N5O. The summed E-state index contributed by atoms with van der Waals surface area (Å²) in [6, 6.07) is 48.8. The van der Waals surface area contributed by atoms with Crippen molar-refractivity contribution >= 4 is 33.0 Å². The highest BCUT2D eigenvalue weighted by Gasteiger charge is 2.17. The number of hydrogen-bond donors (Lipinski definition) is 0. The lowest BCUT2D eigenvalue weighted by atomic mass is 9.98. The zero-order valence-electron chi connectivity index (χ0n) is 25.1. The van der Waals surface area contributed by atoms with E-state index in [1.54, 1.807) is 6.20 Å². The van der Waals surface area contributed by atoms with E-state index >= 15 is 0 Å². The molecule has 0 aliphatic rings. The third kappa shape index (κ3) is 4.80. The van der Waals surface area contributed by atoms with Crippen LogP contribution in [0.4, 0.5) is 0 Å². The molecule has 0 amide bonds. The van der Waals surface area contributed by atoms with Gasteiger partial charge in [-0.3, -0.25) is 4.98 Å². The van der Waals surface area contributed by atoms with Gasteiger partial charge in [-0.25, -0.2) is 19.9 Å². The van der Waals surface area contributed by atoms with Crippen LogP contribution in [0.2, 0.25) is 0 Å². The van der Waals surface area contributed by atoms with Gasteiger partial charge < -0.3 is 4.42 Å². The Morgan fingerprint density at radius 1 is 0.404 bits per heavy atom. The van der Waals surface area contributed by atoms with Crippen LogP contribution in [0.3, 0.4) is 0 Å². The molecule has 47 heavy (non-hydrogen) atoms. The van der Waals surface area contributed by atoms with Crippen LogP contribution in [0, 0.1) is 0 Å². The lowest BCUT2D eigenvalue weighted by molar-refractivity contribution is 0.668. The first-order valence-corrected chi connectivity index (χ1v) is 15.4. The van der Waals surface area contributed by atoms with Crippen molar-refractivity contribution < 1.29 is 4.42 Å². The van der Waals surface area contributed by atoms with E-state index in [0.717, 1.165) is 72.0 Å². The van der Waals surface area contributed by atoms with Crippen molar-refractivity contribution in [1.29, 1.82) is 0 Å². The minimum atomic E-state index is 0.611. The maximum atomic E-state index is 6.12. The van der Waals surface area contributed by atoms with Gasteiger partial charge >= 0.3 is 0 Å². The molecule has 0 atom stereocenters. The summed E-state index contributed by atoms with van der Waals surface area (Å²) in [6.45, 7) is 0. The van der Waals surface area contributed by atoms with E-state index in [9.17, 15) is 0 Å². The van der Waals surface area contributed by atoms with E-state index in [-0.39, 0.29) is 0 Å². The molecule has 0 N–H and O–H groups in total. The monoisotopic (exact) mass is 603 g/mol. The lowest BCUT2D eigenvalue weighted by Crippen LogP contribution is -2.00. The van der Waals surface area contributed by atoms with Crippen LogP contribution in [0.1, 0.15) is 0 Å². The van der Waals surface area contributed by atoms with Crippen molar-refractivity contribution in [1.82, 2.24) is 24.9 Å². The largest absolute Gasteiger partial charge is 0.454 e. The van der Waals surface area contributed by atoms with Gasteiger partial charge in [-0.2, -0.15) is 0 Å². The fourth-order valence-corrected chi connectivity index (χ4v) is 6.15. The molecule has 9 rings (SSSR count). The lowest BCUT2D eigenvalue weighted by Gasteiger charge is -2.11. The molecule has 0 aliphatic heterocycles. The molecule has 5 aromatic carbocycles. The Kier molecular flexibility index (Phi) is 6.35. The molecule has 9 aromatic rings. The maximum absolute atomic E-state index is 6.12. The predicted molar refractivity (Wildman–Crippen MR) is 187 cm³/mol. The Labute approximate surface area is 270 Å². The number of nitrogens with zero attached hydrogens (tertiary/aromatic N) is 5. The van der Waals surface area contributed by atoms with Gasteiger partial charge in [-0.1, -0.05) is 115 Å². The highest BCUT2D eigenvalue weighted by molar-refractivity contribution is 6.10. The summed E-state index contributed by atoms with van der Waals surface area (Å²) in [6.07, 6.45) is 1.80. The Hall–Kier alpha value is -6.53. The van der Waals surface area contributed by atoms with Crippen molar-refractivity contribution in [3.63, 3.8) is 0 Å². The van der Waals surface area contributed by atoms with Crippen LogP contribution in [-0.4, -0.2) is 24.9 Å².